The first-order chi connectivity index (χ1) is 7.06. The number of aryl methyl sites for hydroxylation is 2. The molecule has 1 heterocycles. The van der Waals surface area contributed by atoms with E-state index in [2.05, 4.69) is 19.9 Å². The molecule has 15 heavy (non-hydrogen) atoms. The number of hydrogen-bond donors (Lipinski definition) is 2. The summed E-state index contributed by atoms with van der Waals surface area (Å²) in [4.78, 5) is 2.61. The number of nitrogen functional groups attached to an aromatic ring is 2. The molecular formula is C12H14N2S. The van der Waals surface area contributed by atoms with Crippen LogP contribution in [0.4, 0.5) is 11.4 Å². The second-order valence-corrected chi connectivity index (χ2v) is 5.18. The fourth-order valence-electron chi connectivity index (χ4n) is 1.75. The van der Waals surface area contributed by atoms with E-state index in [9.17, 15) is 0 Å². The normalized spacial score (nSPS) is 10.5. The van der Waals surface area contributed by atoms with Crippen LogP contribution in [0, 0.1) is 13.8 Å². The van der Waals surface area contributed by atoms with Crippen LogP contribution in [-0.4, -0.2) is 0 Å². The zero-order valence-electron chi connectivity index (χ0n) is 8.87. The highest BCUT2D eigenvalue weighted by Crippen LogP contribution is 2.32. The zero-order chi connectivity index (χ0) is 11.0. The van der Waals surface area contributed by atoms with Crippen LogP contribution in [0.3, 0.4) is 0 Å². The number of nitrogens with two attached hydrogens (primary N) is 2. The molecule has 0 spiro atoms. The predicted octanol–water partition coefficient (Wildman–Crippen LogP) is 3.20. The molecule has 1 aromatic heterocycles. The smallest absolute Gasteiger partial charge is 0.0340 e. The largest absolute Gasteiger partial charge is 0.399 e. The Bertz CT molecular complexity index is 480. The minimum atomic E-state index is 0.716. The van der Waals surface area contributed by atoms with Crippen LogP contribution in [0.15, 0.2) is 24.3 Å². The first kappa shape index (κ1) is 10.1. The van der Waals surface area contributed by atoms with Crippen molar-refractivity contribution in [3.8, 4) is 11.1 Å². The van der Waals surface area contributed by atoms with E-state index in [1.54, 1.807) is 17.4 Å². The molecule has 0 aliphatic rings. The van der Waals surface area contributed by atoms with E-state index >= 15 is 0 Å². The van der Waals surface area contributed by atoms with Gasteiger partial charge in [-0.05, 0) is 49.2 Å². The average molecular weight is 218 g/mol. The summed E-state index contributed by atoms with van der Waals surface area (Å²) in [7, 11) is 0. The molecule has 3 heteroatoms. The van der Waals surface area contributed by atoms with Gasteiger partial charge in [0.2, 0.25) is 0 Å². The Hall–Kier alpha value is -1.48. The highest BCUT2D eigenvalue weighted by molar-refractivity contribution is 7.12. The van der Waals surface area contributed by atoms with E-state index < -0.39 is 0 Å². The highest BCUT2D eigenvalue weighted by atomic mass is 32.1. The Morgan fingerprint density at radius 1 is 0.933 bits per heavy atom. The summed E-state index contributed by atoms with van der Waals surface area (Å²) in [5.74, 6) is 0. The first-order valence-corrected chi connectivity index (χ1v) is 5.61. The lowest BCUT2D eigenvalue weighted by Crippen LogP contribution is -1.91. The molecule has 0 fully saturated rings. The van der Waals surface area contributed by atoms with E-state index in [1.165, 1.54) is 15.3 Å². The molecule has 0 radical (unpaired) electrons. The Morgan fingerprint density at radius 2 is 1.53 bits per heavy atom. The molecule has 1 aromatic carbocycles. The molecule has 0 bridgehead atoms. The van der Waals surface area contributed by atoms with Crippen molar-refractivity contribution in [1.82, 2.24) is 0 Å². The van der Waals surface area contributed by atoms with Crippen LogP contribution >= 0.6 is 11.3 Å². The maximum absolute atomic E-state index is 5.78. The molecule has 0 saturated carbocycles. The van der Waals surface area contributed by atoms with Crippen molar-refractivity contribution in [3.63, 3.8) is 0 Å². The molecule has 0 amide bonds. The van der Waals surface area contributed by atoms with Crippen molar-refractivity contribution in [2.45, 2.75) is 13.8 Å². The Labute approximate surface area is 93.5 Å². The molecule has 78 valence electrons. The van der Waals surface area contributed by atoms with E-state index in [1.807, 2.05) is 12.1 Å². The highest BCUT2D eigenvalue weighted by Gasteiger charge is 2.06. The summed E-state index contributed by atoms with van der Waals surface area (Å²) in [5, 5.41) is 0. The molecule has 4 N–H and O–H groups in total. The van der Waals surface area contributed by atoms with Crippen molar-refractivity contribution in [2.75, 3.05) is 11.5 Å². The first-order valence-electron chi connectivity index (χ1n) is 4.79. The van der Waals surface area contributed by atoms with Gasteiger partial charge >= 0.3 is 0 Å². The minimum Gasteiger partial charge on any atom is -0.399 e. The van der Waals surface area contributed by atoms with Gasteiger partial charge in [-0.15, -0.1) is 11.3 Å². The molecule has 2 nitrogen and oxygen atoms in total. The van der Waals surface area contributed by atoms with E-state index in [0.717, 1.165) is 5.56 Å². The van der Waals surface area contributed by atoms with Crippen LogP contribution in [0.5, 0.6) is 0 Å². The molecule has 0 unspecified atom stereocenters. The standard InChI is InChI=1S/C12H14N2S/c1-7-3-12(8(2)15-7)9-4-10(13)6-11(14)5-9/h3-6H,13-14H2,1-2H3. The lowest BCUT2D eigenvalue weighted by atomic mass is 10.1. The second-order valence-electron chi connectivity index (χ2n) is 3.72. The molecule has 0 aliphatic carbocycles. The Balaban J connectivity index is 2.58. The fraction of sp³-hybridized carbons (Fsp3) is 0.167. The van der Waals surface area contributed by atoms with Gasteiger partial charge in [0.15, 0.2) is 0 Å². The van der Waals surface area contributed by atoms with E-state index in [-0.39, 0.29) is 0 Å². The van der Waals surface area contributed by atoms with E-state index in [4.69, 9.17) is 11.5 Å². The number of benzene rings is 1. The summed E-state index contributed by atoms with van der Waals surface area (Å²) < 4.78 is 0. The van der Waals surface area contributed by atoms with E-state index in [0.29, 0.717) is 11.4 Å². The molecule has 0 atom stereocenters. The summed E-state index contributed by atoms with van der Waals surface area (Å²) >= 11 is 1.79. The summed E-state index contributed by atoms with van der Waals surface area (Å²) in [6.45, 7) is 4.23. The third kappa shape index (κ3) is 1.97. The molecular weight excluding hydrogens is 204 g/mol. The topological polar surface area (TPSA) is 52.0 Å². The number of thiophene rings is 1. The van der Waals surface area contributed by atoms with Crippen LogP contribution in [0.2, 0.25) is 0 Å². The molecule has 0 aliphatic heterocycles. The second kappa shape index (κ2) is 3.59. The van der Waals surface area contributed by atoms with Crippen LogP contribution in [-0.2, 0) is 0 Å². The molecule has 2 rings (SSSR count). The van der Waals surface area contributed by atoms with Crippen LogP contribution in [0.1, 0.15) is 9.75 Å². The van der Waals surface area contributed by atoms with Crippen LogP contribution < -0.4 is 11.5 Å². The number of hydrogen-bond acceptors (Lipinski definition) is 3. The quantitative estimate of drug-likeness (QED) is 0.722. The van der Waals surface area contributed by atoms with Crippen molar-refractivity contribution in [2.24, 2.45) is 0 Å². The number of rotatable bonds is 1. The van der Waals surface area contributed by atoms with Gasteiger partial charge in [-0.1, -0.05) is 0 Å². The van der Waals surface area contributed by atoms with Gasteiger partial charge in [0.1, 0.15) is 0 Å². The number of anilines is 2. The fourth-order valence-corrected chi connectivity index (χ4v) is 2.70. The maximum atomic E-state index is 5.78. The van der Waals surface area contributed by atoms with Gasteiger partial charge in [0, 0.05) is 21.1 Å². The van der Waals surface area contributed by atoms with Crippen molar-refractivity contribution in [1.29, 1.82) is 0 Å². The van der Waals surface area contributed by atoms with Crippen LogP contribution in [0.25, 0.3) is 11.1 Å². The zero-order valence-corrected chi connectivity index (χ0v) is 9.69. The van der Waals surface area contributed by atoms with Gasteiger partial charge in [0.05, 0.1) is 0 Å². The van der Waals surface area contributed by atoms with Gasteiger partial charge in [0.25, 0.3) is 0 Å². The molecule has 2 aromatic rings. The van der Waals surface area contributed by atoms with Gasteiger partial charge < -0.3 is 11.5 Å². The third-order valence-corrected chi connectivity index (χ3v) is 3.30. The lowest BCUT2D eigenvalue weighted by molar-refractivity contribution is 1.56. The summed E-state index contributed by atoms with van der Waals surface area (Å²) in [5.41, 5.74) is 15.3. The average Bonchev–Trinajstić information content (AvgIpc) is 2.43. The SMILES string of the molecule is Cc1cc(-c2cc(N)cc(N)c2)c(C)s1. The van der Waals surface area contributed by atoms with Crippen molar-refractivity contribution >= 4 is 22.7 Å². The lowest BCUT2D eigenvalue weighted by Gasteiger charge is -2.04. The maximum Gasteiger partial charge on any atom is 0.0340 e. The molecule has 0 saturated heterocycles. The van der Waals surface area contributed by atoms with Gasteiger partial charge in [-0.25, -0.2) is 0 Å². The van der Waals surface area contributed by atoms with Crippen molar-refractivity contribution < 1.29 is 0 Å². The van der Waals surface area contributed by atoms with Gasteiger partial charge in [-0.2, -0.15) is 0 Å². The Morgan fingerprint density at radius 3 is 2.00 bits per heavy atom. The predicted molar refractivity (Wildman–Crippen MR) is 68.1 cm³/mol. The summed E-state index contributed by atoms with van der Waals surface area (Å²) in [6, 6.07) is 7.88. The monoisotopic (exact) mass is 218 g/mol. The van der Waals surface area contributed by atoms with Crippen molar-refractivity contribution in [3.05, 3.63) is 34.0 Å². The third-order valence-electron chi connectivity index (χ3n) is 2.33. The minimum absolute atomic E-state index is 0.716. The summed E-state index contributed by atoms with van der Waals surface area (Å²) in [6.07, 6.45) is 0. The van der Waals surface area contributed by atoms with Gasteiger partial charge in [-0.3, -0.25) is 0 Å². The Kier molecular flexibility index (Phi) is 2.40.